The van der Waals surface area contributed by atoms with Gasteiger partial charge in [0.25, 0.3) is 11.7 Å². The lowest BCUT2D eigenvalue weighted by Crippen LogP contribution is -2.29. The normalized spacial score (nSPS) is 13.8. The molecule has 21 heavy (non-hydrogen) atoms. The van der Waals surface area contributed by atoms with Gasteiger partial charge in [-0.05, 0) is 37.3 Å². The molecule has 1 amide bonds. The van der Waals surface area contributed by atoms with Crippen molar-refractivity contribution in [3.8, 4) is 0 Å². The summed E-state index contributed by atoms with van der Waals surface area (Å²) in [6, 6.07) is 8.07. The maximum Gasteiger partial charge on any atom is 0.299 e. The molecule has 0 saturated carbocycles. The minimum absolute atomic E-state index is 0.0320. The number of nitrogens with zero attached hydrogens (tertiary/aromatic N) is 1. The van der Waals surface area contributed by atoms with Gasteiger partial charge in [-0.2, -0.15) is 0 Å². The molecule has 0 N–H and O–H groups in total. The standard InChI is InChI=1S/C16H11F2NO2/c1-9-2-5-14-12(6-9)15(20)16(21)19(14)8-10-7-11(17)3-4-13(10)18/h2-7H,8H2,1H3. The first-order valence-electron chi connectivity index (χ1n) is 6.38. The van der Waals surface area contributed by atoms with Crippen molar-refractivity contribution in [1.82, 2.24) is 0 Å². The molecular formula is C16H11F2NO2. The van der Waals surface area contributed by atoms with Crippen LogP contribution in [0.2, 0.25) is 0 Å². The number of carbonyl (C=O) groups excluding carboxylic acids is 2. The molecule has 0 spiro atoms. The Balaban J connectivity index is 2.02. The number of halogens is 2. The van der Waals surface area contributed by atoms with Crippen molar-refractivity contribution < 1.29 is 18.4 Å². The third-order valence-corrected chi connectivity index (χ3v) is 3.46. The summed E-state index contributed by atoms with van der Waals surface area (Å²) in [7, 11) is 0. The fraction of sp³-hybridized carbons (Fsp3) is 0.125. The molecule has 5 heteroatoms. The van der Waals surface area contributed by atoms with Gasteiger partial charge in [0.1, 0.15) is 11.6 Å². The van der Waals surface area contributed by atoms with Gasteiger partial charge in [-0.1, -0.05) is 11.6 Å². The summed E-state index contributed by atoms with van der Waals surface area (Å²) in [6.07, 6.45) is 0. The summed E-state index contributed by atoms with van der Waals surface area (Å²) in [5.74, 6) is -2.55. The molecule has 0 atom stereocenters. The van der Waals surface area contributed by atoms with Gasteiger partial charge in [-0.15, -0.1) is 0 Å². The number of benzene rings is 2. The van der Waals surface area contributed by atoms with Crippen molar-refractivity contribution in [3.63, 3.8) is 0 Å². The van der Waals surface area contributed by atoms with E-state index in [9.17, 15) is 18.4 Å². The van der Waals surface area contributed by atoms with E-state index in [1.807, 2.05) is 6.92 Å². The van der Waals surface area contributed by atoms with Crippen molar-refractivity contribution in [2.24, 2.45) is 0 Å². The highest BCUT2D eigenvalue weighted by atomic mass is 19.1. The van der Waals surface area contributed by atoms with Crippen LogP contribution in [0.5, 0.6) is 0 Å². The first-order valence-corrected chi connectivity index (χ1v) is 6.38. The Hall–Kier alpha value is -2.56. The highest BCUT2D eigenvalue weighted by Gasteiger charge is 2.36. The van der Waals surface area contributed by atoms with E-state index in [-0.39, 0.29) is 12.1 Å². The zero-order chi connectivity index (χ0) is 15.1. The topological polar surface area (TPSA) is 37.4 Å². The Morgan fingerprint density at radius 1 is 1.05 bits per heavy atom. The Labute approximate surface area is 119 Å². The molecule has 106 valence electrons. The lowest BCUT2D eigenvalue weighted by molar-refractivity contribution is -0.114. The average molecular weight is 287 g/mol. The monoisotopic (exact) mass is 287 g/mol. The van der Waals surface area contributed by atoms with Crippen LogP contribution >= 0.6 is 0 Å². The zero-order valence-corrected chi connectivity index (χ0v) is 11.2. The predicted octanol–water partition coefficient (Wildman–Crippen LogP) is 3.00. The van der Waals surface area contributed by atoms with Crippen molar-refractivity contribution in [2.45, 2.75) is 13.5 Å². The SMILES string of the molecule is Cc1ccc2c(c1)C(=O)C(=O)N2Cc1cc(F)ccc1F. The molecule has 0 aliphatic carbocycles. The number of fused-ring (bicyclic) bond motifs is 1. The third-order valence-electron chi connectivity index (χ3n) is 3.46. The van der Waals surface area contributed by atoms with Crippen molar-refractivity contribution in [1.29, 1.82) is 0 Å². The number of aryl methyl sites for hydroxylation is 1. The summed E-state index contributed by atoms with van der Waals surface area (Å²) in [4.78, 5) is 25.2. The largest absolute Gasteiger partial charge is 0.300 e. The van der Waals surface area contributed by atoms with E-state index in [2.05, 4.69) is 0 Å². The molecule has 0 fully saturated rings. The second-order valence-electron chi connectivity index (χ2n) is 4.98. The van der Waals surface area contributed by atoms with Gasteiger partial charge in [0.05, 0.1) is 17.8 Å². The molecular weight excluding hydrogens is 276 g/mol. The average Bonchev–Trinajstić information content (AvgIpc) is 2.68. The fourth-order valence-corrected chi connectivity index (χ4v) is 2.41. The second kappa shape index (κ2) is 4.77. The van der Waals surface area contributed by atoms with Crippen LogP contribution < -0.4 is 4.90 Å². The summed E-state index contributed by atoms with van der Waals surface area (Å²) < 4.78 is 26.9. The van der Waals surface area contributed by atoms with Crippen LogP contribution in [0.25, 0.3) is 0 Å². The molecule has 0 radical (unpaired) electrons. The van der Waals surface area contributed by atoms with Crippen LogP contribution in [-0.2, 0) is 11.3 Å². The number of rotatable bonds is 2. The number of hydrogen-bond acceptors (Lipinski definition) is 2. The number of ketones is 1. The number of amides is 1. The van der Waals surface area contributed by atoms with E-state index < -0.39 is 23.3 Å². The molecule has 0 bridgehead atoms. The molecule has 2 aromatic rings. The minimum Gasteiger partial charge on any atom is -0.300 e. The number of hydrogen-bond donors (Lipinski definition) is 0. The van der Waals surface area contributed by atoms with Crippen LogP contribution in [0, 0.1) is 18.6 Å². The summed E-state index contributed by atoms with van der Waals surface area (Å²) in [6.45, 7) is 1.64. The molecule has 2 aromatic carbocycles. The maximum atomic E-state index is 13.7. The molecule has 0 saturated heterocycles. The molecule has 1 heterocycles. The lowest BCUT2D eigenvalue weighted by Gasteiger charge is -2.17. The highest BCUT2D eigenvalue weighted by molar-refractivity contribution is 6.52. The second-order valence-corrected chi connectivity index (χ2v) is 4.98. The predicted molar refractivity (Wildman–Crippen MR) is 73.1 cm³/mol. The molecule has 3 rings (SSSR count). The van der Waals surface area contributed by atoms with E-state index in [1.54, 1.807) is 18.2 Å². The van der Waals surface area contributed by atoms with Crippen LogP contribution in [0.3, 0.4) is 0 Å². The molecule has 3 nitrogen and oxygen atoms in total. The Morgan fingerprint density at radius 3 is 2.57 bits per heavy atom. The van der Waals surface area contributed by atoms with Crippen LogP contribution in [0.4, 0.5) is 14.5 Å². The van der Waals surface area contributed by atoms with E-state index in [0.717, 1.165) is 23.8 Å². The maximum absolute atomic E-state index is 13.7. The fourth-order valence-electron chi connectivity index (χ4n) is 2.41. The van der Waals surface area contributed by atoms with Crippen molar-refractivity contribution >= 4 is 17.4 Å². The number of anilines is 1. The first-order chi connectivity index (χ1) is 9.97. The van der Waals surface area contributed by atoms with Crippen molar-refractivity contribution in [3.05, 3.63) is 64.7 Å². The number of carbonyl (C=O) groups is 2. The Kier molecular flexibility index (Phi) is 3.05. The van der Waals surface area contributed by atoms with Gasteiger partial charge in [0.2, 0.25) is 0 Å². The van der Waals surface area contributed by atoms with Crippen molar-refractivity contribution in [2.75, 3.05) is 4.90 Å². The van der Waals surface area contributed by atoms with Gasteiger partial charge in [0.15, 0.2) is 0 Å². The molecule has 0 unspecified atom stereocenters. The van der Waals surface area contributed by atoms with Gasteiger partial charge >= 0.3 is 0 Å². The van der Waals surface area contributed by atoms with E-state index in [1.165, 1.54) is 4.90 Å². The van der Waals surface area contributed by atoms with Gasteiger partial charge < -0.3 is 4.90 Å². The quantitative estimate of drug-likeness (QED) is 0.796. The summed E-state index contributed by atoms with van der Waals surface area (Å²) in [5.41, 5.74) is 1.62. The number of Topliss-reactive ketones (excluding diaryl/α,β-unsaturated/α-hetero) is 1. The molecule has 0 aromatic heterocycles. The van der Waals surface area contributed by atoms with Crippen LogP contribution in [0.1, 0.15) is 21.5 Å². The highest BCUT2D eigenvalue weighted by Crippen LogP contribution is 2.31. The summed E-state index contributed by atoms with van der Waals surface area (Å²) >= 11 is 0. The van der Waals surface area contributed by atoms with E-state index in [4.69, 9.17) is 0 Å². The van der Waals surface area contributed by atoms with Gasteiger partial charge in [-0.3, -0.25) is 9.59 Å². The molecule has 1 aliphatic heterocycles. The van der Waals surface area contributed by atoms with Crippen LogP contribution in [-0.4, -0.2) is 11.7 Å². The van der Waals surface area contributed by atoms with E-state index >= 15 is 0 Å². The summed E-state index contributed by atoms with van der Waals surface area (Å²) in [5, 5.41) is 0. The first kappa shape index (κ1) is 13.4. The Bertz CT molecular complexity index is 771. The Morgan fingerprint density at radius 2 is 1.81 bits per heavy atom. The third kappa shape index (κ3) is 2.20. The van der Waals surface area contributed by atoms with Gasteiger partial charge in [-0.25, -0.2) is 8.78 Å². The smallest absolute Gasteiger partial charge is 0.299 e. The minimum atomic E-state index is -0.723. The van der Waals surface area contributed by atoms with Gasteiger partial charge in [0, 0.05) is 5.56 Å². The lowest BCUT2D eigenvalue weighted by atomic mass is 10.1. The molecule has 1 aliphatic rings. The van der Waals surface area contributed by atoms with Crippen LogP contribution in [0.15, 0.2) is 36.4 Å². The van der Waals surface area contributed by atoms with E-state index in [0.29, 0.717) is 11.3 Å². The zero-order valence-electron chi connectivity index (χ0n) is 11.2.